The van der Waals surface area contributed by atoms with Crippen molar-refractivity contribution in [2.75, 3.05) is 6.54 Å². The Bertz CT molecular complexity index is 455. The van der Waals surface area contributed by atoms with E-state index < -0.39 is 5.97 Å². The Labute approximate surface area is 104 Å². The highest BCUT2D eigenvalue weighted by molar-refractivity contribution is 5.84. The third-order valence-corrected chi connectivity index (χ3v) is 3.00. The second-order valence-corrected chi connectivity index (χ2v) is 4.38. The SMILES string of the molecule is CC(NC1CCCNC1=O)c1ccc(C(=O)O)o1. The second kappa shape index (κ2) is 5.22. The molecule has 1 fully saturated rings. The molecule has 1 amide bonds. The van der Waals surface area contributed by atoms with Gasteiger partial charge in [0.15, 0.2) is 0 Å². The number of carbonyl (C=O) groups is 2. The Balaban J connectivity index is 1.99. The van der Waals surface area contributed by atoms with E-state index in [1.165, 1.54) is 6.07 Å². The van der Waals surface area contributed by atoms with Crippen molar-refractivity contribution in [2.24, 2.45) is 0 Å². The molecule has 2 unspecified atom stereocenters. The lowest BCUT2D eigenvalue weighted by atomic mass is 10.1. The van der Waals surface area contributed by atoms with Gasteiger partial charge in [0.25, 0.3) is 0 Å². The number of furan rings is 1. The predicted octanol–water partition coefficient (Wildman–Crippen LogP) is 0.907. The van der Waals surface area contributed by atoms with E-state index in [4.69, 9.17) is 9.52 Å². The summed E-state index contributed by atoms with van der Waals surface area (Å²) in [6.07, 6.45) is 1.72. The first-order valence-electron chi connectivity index (χ1n) is 5.94. The number of carboxylic acids is 1. The molecule has 0 radical (unpaired) electrons. The van der Waals surface area contributed by atoms with Gasteiger partial charge >= 0.3 is 5.97 Å². The summed E-state index contributed by atoms with van der Waals surface area (Å²) in [5.74, 6) is -0.681. The fraction of sp³-hybridized carbons (Fsp3) is 0.500. The number of carbonyl (C=O) groups excluding carboxylic acids is 1. The van der Waals surface area contributed by atoms with E-state index in [2.05, 4.69) is 10.6 Å². The van der Waals surface area contributed by atoms with Crippen molar-refractivity contribution < 1.29 is 19.1 Å². The molecular formula is C12H16N2O4. The number of hydrogen-bond acceptors (Lipinski definition) is 4. The van der Waals surface area contributed by atoms with Gasteiger partial charge in [0.05, 0.1) is 12.1 Å². The highest BCUT2D eigenvalue weighted by Gasteiger charge is 2.25. The minimum Gasteiger partial charge on any atom is -0.475 e. The molecular weight excluding hydrogens is 236 g/mol. The molecule has 0 aliphatic carbocycles. The molecule has 0 spiro atoms. The largest absolute Gasteiger partial charge is 0.475 e. The van der Waals surface area contributed by atoms with Crippen LogP contribution in [0.3, 0.4) is 0 Å². The number of nitrogens with one attached hydrogen (secondary N) is 2. The number of aromatic carboxylic acids is 1. The van der Waals surface area contributed by atoms with Crippen LogP contribution >= 0.6 is 0 Å². The fourth-order valence-electron chi connectivity index (χ4n) is 2.02. The van der Waals surface area contributed by atoms with Gasteiger partial charge in [-0.3, -0.25) is 10.1 Å². The molecule has 98 valence electrons. The van der Waals surface area contributed by atoms with Crippen molar-refractivity contribution in [1.82, 2.24) is 10.6 Å². The number of rotatable bonds is 4. The predicted molar refractivity (Wildman–Crippen MR) is 63.2 cm³/mol. The summed E-state index contributed by atoms with van der Waals surface area (Å²) in [5, 5.41) is 14.7. The van der Waals surface area contributed by atoms with E-state index in [0.29, 0.717) is 5.76 Å². The second-order valence-electron chi connectivity index (χ2n) is 4.38. The van der Waals surface area contributed by atoms with Crippen molar-refractivity contribution in [1.29, 1.82) is 0 Å². The zero-order valence-electron chi connectivity index (χ0n) is 10.1. The molecule has 1 saturated heterocycles. The lowest BCUT2D eigenvalue weighted by Gasteiger charge is -2.25. The van der Waals surface area contributed by atoms with Crippen molar-refractivity contribution in [3.63, 3.8) is 0 Å². The molecule has 0 saturated carbocycles. The molecule has 2 heterocycles. The van der Waals surface area contributed by atoms with Crippen molar-refractivity contribution in [3.05, 3.63) is 23.7 Å². The Kier molecular flexibility index (Phi) is 3.66. The molecule has 0 aromatic carbocycles. The normalized spacial score (nSPS) is 21.4. The van der Waals surface area contributed by atoms with E-state index in [-0.39, 0.29) is 23.8 Å². The van der Waals surface area contributed by atoms with Crippen LogP contribution in [-0.2, 0) is 4.79 Å². The third kappa shape index (κ3) is 2.70. The summed E-state index contributed by atoms with van der Waals surface area (Å²) in [6.45, 7) is 2.56. The van der Waals surface area contributed by atoms with Crippen LogP contribution in [0, 0.1) is 0 Å². The van der Waals surface area contributed by atoms with Crippen LogP contribution in [0.2, 0.25) is 0 Å². The first-order valence-corrected chi connectivity index (χ1v) is 5.94. The molecule has 3 N–H and O–H groups in total. The Morgan fingerprint density at radius 2 is 2.39 bits per heavy atom. The van der Waals surface area contributed by atoms with Crippen LogP contribution in [0.25, 0.3) is 0 Å². The maximum absolute atomic E-state index is 11.6. The van der Waals surface area contributed by atoms with Crippen LogP contribution in [0.15, 0.2) is 16.5 Å². The molecule has 1 aromatic heterocycles. The average molecular weight is 252 g/mol. The van der Waals surface area contributed by atoms with Gasteiger partial charge in [0.1, 0.15) is 5.76 Å². The third-order valence-electron chi connectivity index (χ3n) is 3.00. The summed E-state index contributed by atoms with van der Waals surface area (Å²) >= 11 is 0. The zero-order chi connectivity index (χ0) is 13.1. The maximum atomic E-state index is 11.6. The lowest BCUT2D eigenvalue weighted by molar-refractivity contribution is -0.124. The molecule has 1 aliphatic heterocycles. The Morgan fingerprint density at radius 3 is 3.00 bits per heavy atom. The van der Waals surface area contributed by atoms with E-state index in [1.807, 2.05) is 6.92 Å². The number of amides is 1. The summed E-state index contributed by atoms with van der Waals surface area (Å²) < 4.78 is 5.19. The van der Waals surface area contributed by atoms with Crippen molar-refractivity contribution in [2.45, 2.75) is 31.8 Å². The Hall–Kier alpha value is -1.82. The average Bonchev–Trinajstić information content (AvgIpc) is 2.81. The first kappa shape index (κ1) is 12.6. The zero-order valence-corrected chi connectivity index (χ0v) is 10.1. The van der Waals surface area contributed by atoms with Gasteiger partial charge < -0.3 is 14.8 Å². The van der Waals surface area contributed by atoms with E-state index in [0.717, 1.165) is 19.4 Å². The number of carboxylic acid groups (broad SMARTS) is 1. The summed E-state index contributed by atoms with van der Waals surface area (Å²) in [7, 11) is 0. The Morgan fingerprint density at radius 1 is 1.61 bits per heavy atom. The highest BCUT2D eigenvalue weighted by atomic mass is 16.4. The minimum atomic E-state index is -1.09. The highest BCUT2D eigenvalue weighted by Crippen LogP contribution is 2.18. The first-order chi connectivity index (χ1) is 8.58. The van der Waals surface area contributed by atoms with Gasteiger partial charge in [0, 0.05) is 6.54 Å². The quantitative estimate of drug-likeness (QED) is 0.740. The maximum Gasteiger partial charge on any atom is 0.371 e. The van der Waals surface area contributed by atoms with Gasteiger partial charge in [-0.1, -0.05) is 0 Å². The number of hydrogen-bond donors (Lipinski definition) is 3. The van der Waals surface area contributed by atoms with Gasteiger partial charge in [-0.25, -0.2) is 4.79 Å². The van der Waals surface area contributed by atoms with Gasteiger partial charge in [0.2, 0.25) is 11.7 Å². The molecule has 1 aliphatic rings. The minimum absolute atomic E-state index is 0.0156. The molecule has 1 aromatic rings. The van der Waals surface area contributed by atoms with E-state index in [9.17, 15) is 9.59 Å². The van der Waals surface area contributed by atoms with E-state index >= 15 is 0 Å². The van der Waals surface area contributed by atoms with Gasteiger partial charge in [-0.05, 0) is 31.9 Å². The monoisotopic (exact) mass is 252 g/mol. The summed E-state index contributed by atoms with van der Waals surface area (Å²) in [4.78, 5) is 22.3. The van der Waals surface area contributed by atoms with Crippen LogP contribution in [0.1, 0.15) is 42.1 Å². The molecule has 2 atom stereocenters. The fourth-order valence-corrected chi connectivity index (χ4v) is 2.02. The van der Waals surface area contributed by atoms with Crippen molar-refractivity contribution in [3.8, 4) is 0 Å². The van der Waals surface area contributed by atoms with E-state index in [1.54, 1.807) is 6.07 Å². The summed E-state index contributed by atoms with van der Waals surface area (Å²) in [5.41, 5.74) is 0. The van der Waals surface area contributed by atoms with Gasteiger partial charge in [-0.2, -0.15) is 0 Å². The lowest BCUT2D eigenvalue weighted by Crippen LogP contribution is -2.48. The standard InChI is InChI=1S/C12H16N2O4/c1-7(9-4-5-10(18-9)12(16)17)14-8-3-2-6-13-11(8)15/h4-5,7-8,14H,2-3,6H2,1H3,(H,13,15)(H,16,17). The van der Waals surface area contributed by atoms with Gasteiger partial charge in [-0.15, -0.1) is 0 Å². The van der Waals surface area contributed by atoms with Crippen LogP contribution < -0.4 is 10.6 Å². The molecule has 6 nitrogen and oxygen atoms in total. The van der Waals surface area contributed by atoms with Crippen LogP contribution in [-0.4, -0.2) is 29.6 Å². The topological polar surface area (TPSA) is 91.6 Å². The molecule has 0 bridgehead atoms. The number of piperidine rings is 1. The smallest absolute Gasteiger partial charge is 0.371 e. The molecule has 2 rings (SSSR count). The van der Waals surface area contributed by atoms with Crippen LogP contribution in [0.4, 0.5) is 0 Å². The van der Waals surface area contributed by atoms with Crippen LogP contribution in [0.5, 0.6) is 0 Å². The summed E-state index contributed by atoms with van der Waals surface area (Å²) in [6, 6.07) is 2.58. The molecule has 18 heavy (non-hydrogen) atoms. The van der Waals surface area contributed by atoms with Crippen molar-refractivity contribution >= 4 is 11.9 Å². The molecule has 6 heteroatoms.